The number of carbonyl (C=O) groups is 1. The molecule has 0 radical (unpaired) electrons. The van der Waals surface area contributed by atoms with Gasteiger partial charge in [-0.2, -0.15) is 0 Å². The van der Waals surface area contributed by atoms with Gasteiger partial charge in [-0.1, -0.05) is 12.1 Å². The predicted molar refractivity (Wildman–Crippen MR) is 106 cm³/mol. The van der Waals surface area contributed by atoms with Crippen molar-refractivity contribution in [2.45, 2.75) is 24.8 Å². The molecule has 1 saturated carbocycles. The molecule has 3 atom stereocenters. The van der Waals surface area contributed by atoms with Gasteiger partial charge in [-0.3, -0.25) is 4.79 Å². The third-order valence-electron chi connectivity index (χ3n) is 5.64. The van der Waals surface area contributed by atoms with Crippen LogP contribution in [0.5, 0.6) is 0 Å². The topological polar surface area (TPSA) is 66.5 Å². The number of sulfonamides is 1. The van der Waals surface area contributed by atoms with Gasteiger partial charge in [0.05, 0.1) is 11.8 Å². The molecule has 0 unspecified atom stereocenters. The summed E-state index contributed by atoms with van der Waals surface area (Å²) in [6.07, 6.45) is 2.10. The zero-order valence-electron chi connectivity index (χ0n) is 16.2. The number of halogens is 3. The Morgan fingerprint density at radius 2 is 1.83 bits per heavy atom. The lowest BCUT2D eigenvalue weighted by molar-refractivity contribution is -0.131. The van der Waals surface area contributed by atoms with Crippen molar-refractivity contribution in [3.8, 4) is 11.1 Å². The molecule has 0 aromatic heterocycles. The maximum absolute atomic E-state index is 14.3. The second-order valence-electron chi connectivity index (χ2n) is 7.94. The van der Waals surface area contributed by atoms with Crippen molar-refractivity contribution >= 4 is 15.9 Å². The van der Waals surface area contributed by atoms with Crippen LogP contribution in [0, 0.1) is 23.4 Å². The molecule has 1 aliphatic carbocycles. The Kier molecular flexibility index (Phi) is 5.36. The minimum absolute atomic E-state index is 0.115. The molecule has 1 N–H and O–H groups in total. The van der Waals surface area contributed by atoms with Crippen molar-refractivity contribution in [1.29, 1.82) is 0 Å². The highest BCUT2D eigenvalue weighted by molar-refractivity contribution is 7.88. The van der Waals surface area contributed by atoms with Crippen LogP contribution in [0.15, 0.2) is 36.4 Å². The molecule has 4 rings (SSSR count). The van der Waals surface area contributed by atoms with E-state index in [1.807, 2.05) is 0 Å². The van der Waals surface area contributed by atoms with Crippen LogP contribution >= 0.6 is 0 Å². The van der Waals surface area contributed by atoms with E-state index in [1.165, 1.54) is 18.2 Å². The second-order valence-corrected chi connectivity index (χ2v) is 9.72. The average molecular weight is 438 g/mol. The quantitative estimate of drug-likeness (QED) is 0.781. The van der Waals surface area contributed by atoms with Crippen molar-refractivity contribution in [2.75, 3.05) is 19.3 Å². The zero-order chi connectivity index (χ0) is 21.6. The van der Waals surface area contributed by atoms with Crippen molar-refractivity contribution in [1.82, 2.24) is 9.62 Å². The second kappa shape index (κ2) is 7.70. The van der Waals surface area contributed by atoms with E-state index < -0.39 is 27.5 Å². The summed E-state index contributed by atoms with van der Waals surface area (Å²) in [7, 11) is -3.36. The number of hydrogen-bond acceptors (Lipinski definition) is 3. The van der Waals surface area contributed by atoms with Crippen LogP contribution in [0.25, 0.3) is 11.1 Å². The van der Waals surface area contributed by atoms with Gasteiger partial charge in [-0.25, -0.2) is 26.3 Å². The number of likely N-dealkylation sites (tertiary alicyclic amines) is 1. The molecule has 1 amide bonds. The molecule has 5 nitrogen and oxygen atoms in total. The molecule has 1 saturated heterocycles. The van der Waals surface area contributed by atoms with Crippen LogP contribution in [-0.2, 0) is 14.8 Å². The molecular formula is C21H21F3N2O3S. The van der Waals surface area contributed by atoms with Crippen LogP contribution in [0.1, 0.15) is 24.3 Å². The molecule has 2 fully saturated rings. The van der Waals surface area contributed by atoms with Gasteiger partial charge < -0.3 is 4.90 Å². The zero-order valence-corrected chi connectivity index (χ0v) is 17.1. The van der Waals surface area contributed by atoms with Gasteiger partial charge in [0, 0.05) is 25.0 Å². The summed E-state index contributed by atoms with van der Waals surface area (Å²) in [4.78, 5) is 14.5. The first-order valence-electron chi connectivity index (χ1n) is 9.64. The van der Waals surface area contributed by atoms with Crippen LogP contribution in [0.2, 0.25) is 0 Å². The maximum atomic E-state index is 14.3. The number of benzene rings is 2. The molecule has 0 bridgehead atoms. The van der Waals surface area contributed by atoms with Crippen LogP contribution in [-0.4, -0.2) is 44.6 Å². The van der Waals surface area contributed by atoms with Crippen molar-refractivity contribution < 1.29 is 26.4 Å². The Hall–Kier alpha value is -2.39. The van der Waals surface area contributed by atoms with Gasteiger partial charge in [0.25, 0.3) is 0 Å². The third kappa shape index (κ3) is 4.22. The normalized spacial score (nSPS) is 23.6. The van der Waals surface area contributed by atoms with E-state index in [-0.39, 0.29) is 41.5 Å². The van der Waals surface area contributed by atoms with Crippen LogP contribution in [0.4, 0.5) is 13.2 Å². The summed E-state index contributed by atoms with van der Waals surface area (Å²) in [6.45, 7) is 0.723. The lowest BCUT2D eigenvalue weighted by atomic mass is 9.94. The summed E-state index contributed by atoms with van der Waals surface area (Å²) in [5.41, 5.74) is 0.344. The molecule has 2 aromatic rings. The summed E-state index contributed by atoms with van der Waals surface area (Å²) in [5, 5.41) is 0. The summed E-state index contributed by atoms with van der Waals surface area (Å²) in [6, 6.07) is 6.94. The van der Waals surface area contributed by atoms with Gasteiger partial charge in [-0.15, -0.1) is 0 Å². The molecule has 0 spiro atoms. The first-order chi connectivity index (χ1) is 14.1. The number of carbonyl (C=O) groups excluding carboxylic acids is 1. The predicted octanol–water partition coefficient (Wildman–Crippen LogP) is 3.02. The molecule has 1 aliphatic heterocycles. The van der Waals surface area contributed by atoms with Crippen molar-refractivity contribution in [3.63, 3.8) is 0 Å². The SMILES string of the molecule is CS(=O)(=O)N[C@@H]1CCN(C(=O)[C@@H]2C[C@H]2c2ccc(F)cc2-c2c(F)cccc2F)C1. The van der Waals surface area contributed by atoms with Crippen LogP contribution < -0.4 is 4.72 Å². The Balaban J connectivity index is 1.54. The van der Waals surface area contributed by atoms with Gasteiger partial charge >= 0.3 is 0 Å². The lowest BCUT2D eigenvalue weighted by Crippen LogP contribution is -2.38. The number of hydrogen-bond donors (Lipinski definition) is 1. The molecule has 1 heterocycles. The summed E-state index contributed by atoms with van der Waals surface area (Å²) in [5.74, 6) is -2.97. The standard InChI is InChI=1S/C21H21F3N2O3S/c1-30(28,29)25-13-7-8-26(11-13)21(27)17-10-15(17)14-6-5-12(22)9-16(14)20-18(23)3-2-4-19(20)24/h2-6,9,13,15,17,25H,7-8,10-11H2,1H3/t13-,15+,17-/m1/s1. The highest BCUT2D eigenvalue weighted by Crippen LogP contribution is 2.52. The Morgan fingerprint density at radius 1 is 1.13 bits per heavy atom. The van der Waals surface area contributed by atoms with Crippen molar-refractivity contribution in [2.24, 2.45) is 5.92 Å². The fourth-order valence-corrected chi connectivity index (χ4v) is 5.03. The van der Waals surface area contributed by atoms with E-state index in [2.05, 4.69) is 4.72 Å². The minimum atomic E-state index is -3.36. The fraction of sp³-hybridized carbons (Fsp3) is 0.381. The number of nitrogens with one attached hydrogen (secondary N) is 1. The summed E-state index contributed by atoms with van der Waals surface area (Å²) < 4.78 is 67.8. The van der Waals surface area contributed by atoms with E-state index >= 15 is 0 Å². The lowest BCUT2D eigenvalue weighted by Gasteiger charge is -2.17. The van der Waals surface area contributed by atoms with Gasteiger partial charge in [0.1, 0.15) is 17.5 Å². The maximum Gasteiger partial charge on any atom is 0.226 e. The molecule has 30 heavy (non-hydrogen) atoms. The van der Waals surface area contributed by atoms with E-state index in [1.54, 1.807) is 4.90 Å². The highest BCUT2D eigenvalue weighted by atomic mass is 32.2. The summed E-state index contributed by atoms with van der Waals surface area (Å²) >= 11 is 0. The highest BCUT2D eigenvalue weighted by Gasteiger charge is 2.48. The first-order valence-corrected chi connectivity index (χ1v) is 11.5. The van der Waals surface area contributed by atoms with E-state index in [0.717, 1.165) is 24.5 Å². The Bertz CT molecular complexity index is 1090. The fourth-order valence-electron chi connectivity index (χ4n) is 4.23. The van der Waals surface area contributed by atoms with Crippen molar-refractivity contribution in [3.05, 3.63) is 59.4 Å². The van der Waals surface area contributed by atoms with Crippen LogP contribution in [0.3, 0.4) is 0 Å². The van der Waals surface area contributed by atoms with E-state index in [4.69, 9.17) is 0 Å². The number of amides is 1. The minimum Gasteiger partial charge on any atom is -0.341 e. The molecule has 2 aliphatic rings. The number of nitrogens with zero attached hydrogens (tertiary/aromatic N) is 1. The van der Waals surface area contributed by atoms with E-state index in [9.17, 15) is 26.4 Å². The molecular weight excluding hydrogens is 417 g/mol. The van der Waals surface area contributed by atoms with E-state index in [0.29, 0.717) is 24.9 Å². The molecule has 9 heteroatoms. The van der Waals surface area contributed by atoms with Gasteiger partial charge in [-0.05, 0) is 54.2 Å². The Morgan fingerprint density at radius 3 is 2.50 bits per heavy atom. The average Bonchev–Trinajstić information content (AvgIpc) is 3.31. The monoisotopic (exact) mass is 438 g/mol. The Labute approximate surface area is 172 Å². The third-order valence-corrected chi connectivity index (χ3v) is 6.40. The largest absolute Gasteiger partial charge is 0.341 e. The van der Waals surface area contributed by atoms with Gasteiger partial charge in [0.2, 0.25) is 15.9 Å². The van der Waals surface area contributed by atoms with Gasteiger partial charge in [0.15, 0.2) is 0 Å². The smallest absolute Gasteiger partial charge is 0.226 e. The molecule has 160 valence electrons. The first kappa shape index (κ1) is 20.9. The number of rotatable bonds is 5. The molecule has 2 aromatic carbocycles.